The van der Waals surface area contributed by atoms with Crippen molar-refractivity contribution in [2.75, 3.05) is 37.4 Å². The standard InChI is InChI=1S/C19H24N8OS/c1-25(2)19-20-11-17(29-19)12-26-9-7-14(8-10-26)18(28)22-15-3-5-16(6-4-15)27-13-21-23-24-27/h3-6,11,13-14H,7-10,12H2,1-2H3,(H,22,28). The number of nitrogens with one attached hydrogen (secondary N) is 1. The van der Waals surface area contributed by atoms with Crippen LogP contribution in [0, 0.1) is 5.92 Å². The van der Waals surface area contributed by atoms with Gasteiger partial charge in [-0.15, -0.1) is 16.4 Å². The van der Waals surface area contributed by atoms with Gasteiger partial charge in [0.05, 0.1) is 5.69 Å². The number of carbonyl (C=O) groups is 1. The molecule has 4 rings (SSSR count). The van der Waals surface area contributed by atoms with Gasteiger partial charge in [-0.1, -0.05) is 0 Å². The maximum atomic E-state index is 12.6. The van der Waals surface area contributed by atoms with E-state index in [4.69, 9.17) is 0 Å². The average Bonchev–Trinajstić information content (AvgIpc) is 3.41. The number of tetrazole rings is 1. The summed E-state index contributed by atoms with van der Waals surface area (Å²) in [4.78, 5) is 22.8. The number of thiazole rings is 1. The molecule has 1 fully saturated rings. The number of anilines is 2. The molecule has 9 nitrogen and oxygen atoms in total. The van der Waals surface area contributed by atoms with Gasteiger partial charge in [-0.25, -0.2) is 9.67 Å². The normalized spacial score (nSPS) is 15.4. The Morgan fingerprint density at radius 3 is 2.62 bits per heavy atom. The van der Waals surface area contributed by atoms with E-state index in [-0.39, 0.29) is 11.8 Å². The van der Waals surface area contributed by atoms with Gasteiger partial charge in [0.15, 0.2) is 5.13 Å². The van der Waals surface area contributed by atoms with Gasteiger partial charge in [0.25, 0.3) is 0 Å². The predicted octanol–water partition coefficient (Wildman–Crippen LogP) is 2.04. The number of hydrogen-bond donors (Lipinski definition) is 1. The van der Waals surface area contributed by atoms with E-state index < -0.39 is 0 Å². The van der Waals surface area contributed by atoms with Crippen molar-refractivity contribution < 1.29 is 4.79 Å². The molecule has 0 bridgehead atoms. The highest BCUT2D eigenvalue weighted by Gasteiger charge is 2.25. The highest BCUT2D eigenvalue weighted by Crippen LogP contribution is 2.25. The van der Waals surface area contributed by atoms with Crippen LogP contribution in [0.4, 0.5) is 10.8 Å². The number of rotatable bonds is 6. The molecule has 0 spiro atoms. The van der Waals surface area contributed by atoms with E-state index in [0.29, 0.717) is 0 Å². The molecule has 0 atom stereocenters. The summed E-state index contributed by atoms with van der Waals surface area (Å²) in [7, 11) is 4.01. The zero-order valence-corrected chi connectivity index (χ0v) is 17.3. The summed E-state index contributed by atoms with van der Waals surface area (Å²) in [6, 6.07) is 7.50. The van der Waals surface area contributed by atoms with Crippen LogP contribution in [-0.2, 0) is 11.3 Å². The van der Waals surface area contributed by atoms with Crippen LogP contribution in [-0.4, -0.2) is 63.2 Å². The summed E-state index contributed by atoms with van der Waals surface area (Å²) < 4.78 is 1.58. The van der Waals surface area contributed by atoms with Crippen LogP contribution in [0.5, 0.6) is 0 Å². The fourth-order valence-corrected chi connectivity index (χ4v) is 4.25. The van der Waals surface area contributed by atoms with Crippen LogP contribution in [0.1, 0.15) is 17.7 Å². The second-order valence-corrected chi connectivity index (χ2v) is 8.44. The van der Waals surface area contributed by atoms with Crippen molar-refractivity contribution in [1.29, 1.82) is 0 Å². The molecule has 2 aromatic heterocycles. The molecule has 10 heteroatoms. The second kappa shape index (κ2) is 8.66. The zero-order valence-electron chi connectivity index (χ0n) is 16.5. The highest BCUT2D eigenvalue weighted by atomic mass is 32.1. The molecule has 152 valence electrons. The maximum absolute atomic E-state index is 12.6. The molecule has 1 aliphatic heterocycles. The molecule has 0 unspecified atom stereocenters. The lowest BCUT2D eigenvalue weighted by Crippen LogP contribution is -2.37. The molecule has 1 amide bonds. The van der Waals surface area contributed by atoms with Crippen molar-refractivity contribution in [3.8, 4) is 5.69 Å². The average molecular weight is 413 g/mol. The van der Waals surface area contributed by atoms with Crippen LogP contribution in [0.2, 0.25) is 0 Å². The number of carbonyl (C=O) groups excluding carboxylic acids is 1. The highest BCUT2D eigenvalue weighted by molar-refractivity contribution is 7.15. The summed E-state index contributed by atoms with van der Waals surface area (Å²) in [6.45, 7) is 2.75. The van der Waals surface area contributed by atoms with Crippen molar-refractivity contribution in [2.24, 2.45) is 5.92 Å². The van der Waals surface area contributed by atoms with E-state index in [1.54, 1.807) is 16.0 Å². The minimum Gasteiger partial charge on any atom is -0.354 e. The topological polar surface area (TPSA) is 92.1 Å². The Kier molecular flexibility index (Phi) is 5.81. The Morgan fingerprint density at radius 2 is 2.00 bits per heavy atom. The van der Waals surface area contributed by atoms with Gasteiger partial charge >= 0.3 is 0 Å². The van der Waals surface area contributed by atoms with E-state index in [2.05, 4.69) is 30.7 Å². The Morgan fingerprint density at radius 1 is 1.24 bits per heavy atom. The van der Waals surface area contributed by atoms with Crippen molar-refractivity contribution >= 4 is 28.1 Å². The van der Waals surface area contributed by atoms with Crippen molar-refractivity contribution in [2.45, 2.75) is 19.4 Å². The molecule has 0 radical (unpaired) electrons. The fourth-order valence-electron chi connectivity index (χ4n) is 3.37. The molecule has 3 aromatic rings. The third-order valence-corrected chi connectivity index (χ3v) is 6.16. The first-order chi connectivity index (χ1) is 14.1. The molecule has 3 heterocycles. The number of hydrogen-bond acceptors (Lipinski definition) is 8. The molecule has 1 N–H and O–H groups in total. The smallest absolute Gasteiger partial charge is 0.227 e. The largest absolute Gasteiger partial charge is 0.354 e. The summed E-state index contributed by atoms with van der Waals surface area (Å²) >= 11 is 1.72. The van der Waals surface area contributed by atoms with Crippen LogP contribution in [0.25, 0.3) is 5.69 Å². The lowest BCUT2D eigenvalue weighted by atomic mass is 9.96. The zero-order chi connectivity index (χ0) is 20.2. The molecule has 29 heavy (non-hydrogen) atoms. The Balaban J connectivity index is 1.26. The third-order valence-electron chi connectivity index (χ3n) is 5.01. The summed E-state index contributed by atoms with van der Waals surface area (Å²) in [5, 5.41) is 15.2. The van der Waals surface area contributed by atoms with E-state index in [9.17, 15) is 4.79 Å². The number of nitrogens with zero attached hydrogens (tertiary/aromatic N) is 7. The third kappa shape index (κ3) is 4.77. The van der Waals surface area contributed by atoms with E-state index in [1.165, 1.54) is 11.2 Å². The number of piperidine rings is 1. The molecular formula is C19H24N8OS. The number of benzene rings is 1. The predicted molar refractivity (Wildman–Crippen MR) is 112 cm³/mol. The van der Waals surface area contributed by atoms with Gasteiger partial charge in [-0.2, -0.15) is 0 Å². The van der Waals surface area contributed by atoms with E-state index in [1.807, 2.05) is 49.5 Å². The van der Waals surface area contributed by atoms with Crippen LogP contribution < -0.4 is 10.2 Å². The van der Waals surface area contributed by atoms with Gasteiger partial charge in [0.1, 0.15) is 6.33 Å². The quantitative estimate of drug-likeness (QED) is 0.662. The van der Waals surface area contributed by atoms with Crippen molar-refractivity contribution in [1.82, 2.24) is 30.1 Å². The lowest BCUT2D eigenvalue weighted by molar-refractivity contribution is -0.121. The molecule has 1 aliphatic rings. The van der Waals surface area contributed by atoms with E-state index in [0.717, 1.165) is 49.0 Å². The first kappa shape index (κ1) is 19.5. The van der Waals surface area contributed by atoms with Crippen LogP contribution in [0.3, 0.4) is 0 Å². The fraction of sp³-hybridized carbons (Fsp3) is 0.421. The monoisotopic (exact) mass is 412 g/mol. The molecule has 1 saturated heterocycles. The van der Waals surface area contributed by atoms with E-state index >= 15 is 0 Å². The minimum atomic E-state index is 0.0456. The molecule has 0 saturated carbocycles. The summed E-state index contributed by atoms with van der Waals surface area (Å²) in [6.07, 6.45) is 5.23. The first-order valence-electron chi connectivity index (χ1n) is 9.57. The van der Waals surface area contributed by atoms with Gasteiger partial charge in [0, 0.05) is 43.3 Å². The van der Waals surface area contributed by atoms with Gasteiger partial charge in [0.2, 0.25) is 5.91 Å². The second-order valence-electron chi connectivity index (χ2n) is 7.34. The molecule has 1 aromatic carbocycles. The van der Waals surface area contributed by atoms with Gasteiger partial charge < -0.3 is 10.2 Å². The van der Waals surface area contributed by atoms with Gasteiger partial charge in [-0.05, 0) is 60.6 Å². The number of likely N-dealkylation sites (tertiary alicyclic amines) is 1. The van der Waals surface area contributed by atoms with Crippen molar-refractivity contribution in [3.05, 3.63) is 41.7 Å². The molecule has 0 aliphatic carbocycles. The Bertz CT molecular complexity index is 930. The maximum Gasteiger partial charge on any atom is 0.227 e. The Labute approximate surface area is 173 Å². The van der Waals surface area contributed by atoms with Crippen molar-refractivity contribution in [3.63, 3.8) is 0 Å². The van der Waals surface area contributed by atoms with Crippen LogP contribution in [0.15, 0.2) is 36.8 Å². The lowest BCUT2D eigenvalue weighted by Gasteiger charge is -2.30. The van der Waals surface area contributed by atoms with Crippen LogP contribution >= 0.6 is 11.3 Å². The summed E-state index contributed by atoms with van der Waals surface area (Å²) in [5.74, 6) is 0.136. The molecular weight excluding hydrogens is 388 g/mol. The Hall–Kier alpha value is -2.85. The number of amides is 1. The first-order valence-corrected chi connectivity index (χ1v) is 10.4. The van der Waals surface area contributed by atoms with Gasteiger partial charge in [-0.3, -0.25) is 9.69 Å². The number of aromatic nitrogens is 5. The minimum absolute atomic E-state index is 0.0456. The SMILES string of the molecule is CN(C)c1ncc(CN2CCC(C(=O)Nc3ccc(-n4cnnn4)cc3)CC2)s1. The summed E-state index contributed by atoms with van der Waals surface area (Å²) in [5.41, 5.74) is 1.64.